The van der Waals surface area contributed by atoms with Gasteiger partial charge >= 0.3 is 0 Å². The van der Waals surface area contributed by atoms with Crippen LogP contribution in [-0.4, -0.2) is 52.9 Å². The van der Waals surface area contributed by atoms with Gasteiger partial charge in [0.15, 0.2) is 0 Å². The highest BCUT2D eigenvalue weighted by Crippen LogP contribution is 2.31. The second-order valence-electron chi connectivity index (χ2n) is 7.05. The third-order valence-electron chi connectivity index (χ3n) is 4.99. The number of amides is 1. The van der Waals surface area contributed by atoms with E-state index in [1.54, 1.807) is 14.2 Å². The Morgan fingerprint density at radius 1 is 1.08 bits per heavy atom. The number of nitrogens with zero attached hydrogens (tertiary/aromatic N) is 1. The lowest BCUT2D eigenvalue weighted by atomic mass is 10.1. The van der Waals surface area contributed by atoms with Crippen LogP contribution in [0.2, 0.25) is 0 Å². The van der Waals surface area contributed by atoms with Gasteiger partial charge in [0.1, 0.15) is 11.5 Å². The molecule has 0 spiro atoms. The highest BCUT2D eigenvalue weighted by atomic mass is 16.5. The number of methoxy groups -OCH3 is 2. The first-order valence-corrected chi connectivity index (χ1v) is 9.13. The molecule has 1 aliphatic heterocycles. The number of hydrogen-bond acceptors (Lipinski definition) is 5. The molecule has 1 atom stereocenters. The smallest absolute Gasteiger partial charge is 0.233 e. The Hall–Kier alpha value is -1.95. The molecule has 1 heterocycles. The Morgan fingerprint density at radius 3 is 2.44 bits per heavy atom. The lowest BCUT2D eigenvalue weighted by molar-refractivity contribution is -0.120. The van der Waals surface area contributed by atoms with Crippen LogP contribution < -0.4 is 25.0 Å². The number of ether oxygens (including phenoxy) is 2. The van der Waals surface area contributed by atoms with Crippen molar-refractivity contribution < 1.29 is 14.3 Å². The second-order valence-corrected chi connectivity index (χ2v) is 7.05. The number of carbonyl (C=O) groups is 1. The van der Waals surface area contributed by atoms with Gasteiger partial charge in [0.05, 0.1) is 20.8 Å². The highest BCUT2D eigenvalue weighted by molar-refractivity contribution is 5.78. The van der Waals surface area contributed by atoms with Crippen LogP contribution in [0.25, 0.3) is 0 Å². The summed E-state index contributed by atoms with van der Waals surface area (Å²) in [6.45, 7) is 4.06. The van der Waals surface area contributed by atoms with Crippen molar-refractivity contribution in [3.63, 3.8) is 0 Å². The van der Waals surface area contributed by atoms with Crippen molar-refractivity contribution in [1.82, 2.24) is 10.6 Å². The maximum Gasteiger partial charge on any atom is 0.233 e. The van der Waals surface area contributed by atoms with E-state index in [4.69, 9.17) is 9.47 Å². The van der Waals surface area contributed by atoms with Gasteiger partial charge in [0.25, 0.3) is 0 Å². The molecule has 0 aromatic heterocycles. The number of anilines is 1. The van der Waals surface area contributed by atoms with Crippen molar-refractivity contribution in [2.24, 2.45) is 11.8 Å². The summed E-state index contributed by atoms with van der Waals surface area (Å²) in [7, 11) is 3.33. The van der Waals surface area contributed by atoms with Crippen LogP contribution in [-0.2, 0) is 4.79 Å². The van der Waals surface area contributed by atoms with E-state index >= 15 is 0 Å². The van der Waals surface area contributed by atoms with Crippen LogP contribution in [0.1, 0.15) is 19.3 Å². The Morgan fingerprint density at radius 2 is 1.80 bits per heavy atom. The summed E-state index contributed by atoms with van der Waals surface area (Å²) in [5.41, 5.74) is 1.11. The molecule has 2 fully saturated rings. The summed E-state index contributed by atoms with van der Waals surface area (Å²) in [5.74, 6) is 2.98. The van der Waals surface area contributed by atoms with Crippen LogP contribution in [0.3, 0.4) is 0 Å². The van der Waals surface area contributed by atoms with Crippen LogP contribution in [0.5, 0.6) is 11.5 Å². The van der Waals surface area contributed by atoms with Crippen molar-refractivity contribution in [2.75, 3.05) is 51.8 Å². The van der Waals surface area contributed by atoms with Crippen molar-refractivity contribution in [3.8, 4) is 11.5 Å². The van der Waals surface area contributed by atoms with Crippen molar-refractivity contribution in [1.29, 1.82) is 0 Å². The summed E-state index contributed by atoms with van der Waals surface area (Å²) < 4.78 is 10.7. The monoisotopic (exact) mass is 347 g/mol. The van der Waals surface area contributed by atoms with Gasteiger partial charge in [-0.1, -0.05) is 0 Å². The van der Waals surface area contributed by atoms with E-state index in [9.17, 15) is 4.79 Å². The molecule has 1 aromatic rings. The zero-order valence-corrected chi connectivity index (χ0v) is 15.2. The standard InChI is InChI=1S/C19H29N3O3/c1-24-17-7-16(8-18(9-17)25-2)22-6-5-15(13-22)11-21-19(23)12-20-10-14-3-4-14/h7-9,14-15,20H,3-6,10-13H2,1-2H3,(H,21,23). The molecule has 1 saturated carbocycles. The third-order valence-corrected chi connectivity index (χ3v) is 4.99. The largest absolute Gasteiger partial charge is 0.497 e. The lowest BCUT2D eigenvalue weighted by Crippen LogP contribution is -2.37. The Balaban J connectivity index is 1.44. The normalized spacial score (nSPS) is 19.8. The highest BCUT2D eigenvalue weighted by Gasteiger charge is 2.24. The van der Waals surface area contributed by atoms with E-state index in [0.29, 0.717) is 12.5 Å². The SMILES string of the molecule is COc1cc(OC)cc(N2CCC(CNC(=O)CNCC3CC3)C2)c1. The average molecular weight is 347 g/mol. The maximum atomic E-state index is 11.9. The van der Waals surface area contributed by atoms with Gasteiger partial charge in [0.2, 0.25) is 5.91 Å². The predicted molar refractivity (Wildman–Crippen MR) is 98.5 cm³/mol. The zero-order chi connectivity index (χ0) is 17.6. The molecule has 6 heteroatoms. The average Bonchev–Trinajstić information content (AvgIpc) is 3.34. The second kappa shape index (κ2) is 8.43. The minimum atomic E-state index is 0.0992. The van der Waals surface area contributed by atoms with Crippen molar-refractivity contribution >= 4 is 11.6 Å². The molecule has 25 heavy (non-hydrogen) atoms. The van der Waals surface area contributed by atoms with E-state index in [1.807, 2.05) is 18.2 Å². The zero-order valence-electron chi connectivity index (χ0n) is 15.2. The minimum absolute atomic E-state index is 0.0992. The molecular formula is C19H29N3O3. The molecule has 1 aromatic carbocycles. The summed E-state index contributed by atoms with van der Waals surface area (Å²) in [6.07, 6.45) is 3.69. The van der Waals surface area contributed by atoms with Gasteiger partial charge in [-0.2, -0.15) is 0 Å². The van der Waals surface area contributed by atoms with Crippen LogP contribution in [0.4, 0.5) is 5.69 Å². The third kappa shape index (κ3) is 5.26. The van der Waals surface area contributed by atoms with E-state index in [1.165, 1.54) is 12.8 Å². The quantitative estimate of drug-likeness (QED) is 0.711. The summed E-state index contributed by atoms with van der Waals surface area (Å²) in [6, 6.07) is 5.95. The van der Waals surface area contributed by atoms with Gasteiger partial charge in [-0.3, -0.25) is 4.79 Å². The molecule has 2 aliphatic rings. The summed E-state index contributed by atoms with van der Waals surface area (Å²) in [5, 5.41) is 6.29. The Bertz CT molecular complexity index is 567. The summed E-state index contributed by atoms with van der Waals surface area (Å²) >= 11 is 0. The Labute approximate surface area is 149 Å². The molecule has 6 nitrogen and oxygen atoms in total. The molecule has 0 bridgehead atoms. The molecule has 0 radical (unpaired) electrons. The molecule has 1 saturated heterocycles. The van der Waals surface area contributed by atoms with Crippen LogP contribution in [0, 0.1) is 11.8 Å². The number of benzene rings is 1. The van der Waals surface area contributed by atoms with E-state index in [0.717, 1.165) is 55.7 Å². The van der Waals surface area contributed by atoms with Gasteiger partial charge < -0.3 is 25.0 Å². The van der Waals surface area contributed by atoms with Crippen molar-refractivity contribution in [2.45, 2.75) is 19.3 Å². The number of hydrogen-bond donors (Lipinski definition) is 2. The van der Waals surface area contributed by atoms with Gasteiger partial charge in [0, 0.05) is 43.5 Å². The fourth-order valence-electron chi connectivity index (χ4n) is 3.24. The Kier molecular flexibility index (Phi) is 6.02. The van der Waals surface area contributed by atoms with E-state index in [-0.39, 0.29) is 5.91 Å². The lowest BCUT2D eigenvalue weighted by Gasteiger charge is -2.20. The number of rotatable bonds is 9. The molecule has 3 rings (SSSR count). The van der Waals surface area contributed by atoms with Gasteiger partial charge in [-0.05, 0) is 37.6 Å². The minimum Gasteiger partial charge on any atom is -0.497 e. The van der Waals surface area contributed by atoms with Gasteiger partial charge in [-0.15, -0.1) is 0 Å². The molecule has 1 aliphatic carbocycles. The van der Waals surface area contributed by atoms with E-state index in [2.05, 4.69) is 15.5 Å². The molecule has 138 valence electrons. The topological polar surface area (TPSA) is 62.8 Å². The fourth-order valence-corrected chi connectivity index (χ4v) is 3.24. The van der Waals surface area contributed by atoms with Crippen LogP contribution in [0.15, 0.2) is 18.2 Å². The molecular weight excluding hydrogens is 318 g/mol. The van der Waals surface area contributed by atoms with E-state index < -0.39 is 0 Å². The first-order valence-electron chi connectivity index (χ1n) is 9.13. The molecule has 1 amide bonds. The number of nitrogens with one attached hydrogen (secondary N) is 2. The summed E-state index contributed by atoms with van der Waals surface area (Å²) in [4.78, 5) is 14.2. The van der Waals surface area contributed by atoms with Crippen molar-refractivity contribution in [3.05, 3.63) is 18.2 Å². The van der Waals surface area contributed by atoms with Crippen LogP contribution >= 0.6 is 0 Å². The fraction of sp³-hybridized carbons (Fsp3) is 0.632. The maximum absolute atomic E-state index is 11.9. The number of carbonyl (C=O) groups excluding carboxylic acids is 1. The molecule has 2 N–H and O–H groups in total. The first-order chi connectivity index (χ1) is 12.2. The predicted octanol–water partition coefficient (Wildman–Crippen LogP) is 1.65. The molecule has 1 unspecified atom stereocenters. The first kappa shape index (κ1) is 17.9. The van der Waals surface area contributed by atoms with Gasteiger partial charge in [-0.25, -0.2) is 0 Å².